The quantitative estimate of drug-likeness (QED) is 0.636. The maximum Gasteiger partial charge on any atom is 0.293 e. The molecule has 1 aromatic carbocycles. The van der Waals surface area contributed by atoms with Crippen molar-refractivity contribution < 1.29 is 14.4 Å². The number of hydrogen-bond acceptors (Lipinski definition) is 4. The van der Waals surface area contributed by atoms with Crippen LogP contribution in [0.4, 0.5) is 4.79 Å². The van der Waals surface area contributed by atoms with Crippen LogP contribution in [0.5, 0.6) is 0 Å². The number of aromatic nitrogens is 1. The zero-order chi connectivity index (χ0) is 22.1. The van der Waals surface area contributed by atoms with Gasteiger partial charge < -0.3 is 9.47 Å². The average Bonchev–Trinajstić information content (AvgIpc) is 3.24. The van der Waals surface area contributed by atoms with Gasteiger partial charge in [0.1, 0.15) is 6.54 Å². The molecule has 7 heteroatoms. The molecule has 2 aliphatic heterocycles. The van der Waals surface area contributed by atoms with Crippen LogP contribution in [0.1, 0.15) is 51.2 Å². The van der Waals surface area contributed by atoms with Gasteiger partial charge in [0, 0.05) is 36.3 Å². The third-order valence-electron chi connectivity index (χ3n) is 6.30. The van der Waals surface area contributed by atoms with Crippen molar-refractivity contribution in [2.45, 2.75) is 59.0 Å². The molecule has 1 atom stereocenters. The Hall–Kier alpha value is -2.54. The van der Waals surface area contributed by atoms with E-state index < -0.39 is 0 Å². The Labute approximate surface area is 187 Å². The summed E-state index contributed by atoms with van der Waals surface area (Å²) in [5.41, 5.74) is 3.06. The van der Waals surface area contributed by atoms with Crippen molar-refractivity contribution in [3.8, 4) is 0 Å². The predicted molar refractivity (Wildman–Crippen MR) is 125 cm³/mol. The fraction of sp³-hybridized carbons (Fsp3) is 0.458. The highest BCUT2D eigenvalue weighted by Gasteiger charge is 2.34. The van der Waals surface area contributed by atoms with Gasteiger partial charge in [-0.25, -0.2) is 0 Å². The third kappa shape index (κ3) is 4.03. The molecule has 3 amide bonds. The van der Waals surface area contributed by atoms with E-state index in [1.807, 2.05) is 27.8 Å². The van der Waals surface area contributed by atoms with E-state index in [0.29, 0.717) is 11.4 Å². The Morgan fingerprint density at radius 3 is 2.71 bits per heavy atom. The average molecular weight is 440 g/mol. The molecule has 31 heavy (non-hydrogen) atoms. The highest BCUT2D eigenvalue weighted by atomic mass is 32.2. The van der Waals surface area contributed by atoms with Crippen molar-refractivity contribution in [1.82, 2.24) is 14.4 Å². The van der Waals surface area contributed by atoms with Gasteiger partial charge >= 0.3 is 0 Å². The van der Waals surface area contributed by atoms with Gasteiger partial charge in [-0.15, -0.1) is 0 Å². The lowest BCUT2D eigenvalue weighted by Crippen LogP contribution is -2.43. The number of amides is 3. The van der Waals surface area contributed by atoms with Crippen LogP contribution in [-0.2, 0) is 22.6 Å². The molecule has 0 spiro atoms. The molecule has 164 valence electrons. The highest BCUT2D eigenvalue weighted by Crippen LogP contribution is 2.34. The van der Waals surface area contributed by atoms with E-state index in [-0.39, 0.29) is 29.6 Å². The number of fused-ring (bicyclic) bond motifs is 1. The van der Waals surface area contributed by atoms with Gasteiger partial charge in [0.15, 0.2) is 0 Å². The van der Waals surface area contributed by atoms with Crippen LogP contribution in [0.25, 0.3) is 17.0 Å². The van der Waals surface area contributed by atoms with Crippen molar-refractivity contribution in [3.63, 3.8) is 0 Å². The second kappa shape index (κ2) is 8.91. The SMILES string of the molecule is CCc1cccc2c(/C=C3\SC(=O)N(CC)C3=O)cn(CC(=O)N3CCCC[C@@H]3C)c12. The van der Waals surface area contributed by atoms with E-state index in [9.17, 15) is 14.4 Å². The molecule has 2 saturated heterocycles. The largest absolute Gasteiger partial charge is 0.338 e. The molecule has 4 rings (SSSR count). The van der Waals surface area contributed by atoms with Gasteiger partial charge in [-0.2, -0.15) is 0 Å². The molecule has 2 aromatic rings. The fourth-order valence-electron chi connectivity index (χ4n) is 4.61. The van der Waals surface area contributed by atoms with E-state index in [2.05, 4.69) is 19.9 Å². The molecule has 2 aliphatic rings. The molecule has 2 fully saturated rings. The summed E-state index contributed by atoms with van der Waals surface area (Å²) in [7, 11) is 0. The number of carbonyl (C=O) groups is 3. The van der Waals surface area contributed by atoms with E-state index in [0.717, 1.165) is 54.0 Å². The lowest BCUT2D eigenvalue weighted by atomic mass is 10.0. The summed E-state index contributed by atoms with van der Waals surface area (Å²) in [5.74, 6) is -0.115. The van der Waals surface area contributed by atoms with Crippen molar-refractivity contribution in [2.75, 3.05) is 13.1 Å². The normalized spacial score (nSPS) is 21.0. The maximum absolute atomic E-state index is 13.1. The van der Waals surface area contributed by atoms with Crippen LogP contribution in [0.15, 0.2) is 29.3 Å². The molecule has 6 nitrogen and oxygen atoms in total. The molecule has 0 bridgehead atoms. The smallest absolute Gasteiger partial charge is 0.293 e. The zero-order valence-corrected chi connectivity index (χ0v) is 19.2. The molecule has 3 heterocycles. The number of benzene rings is 1. The highest BCUT2D eigenvalue weighted by molar-refractivity contribution is 8.18. The molecule has 0 N–H and O–H groups in total. The third-order valence-corrected chi connectivity index (χ3v) is 7.21. The predicted octanol–water partition coefficient (Wildman–Crippen LogP) is 4.66. The van der Waals surface area contributed by atoms with Crippen molar-refractivity contribution in [3.05, 3.63) is 40.4 Å². The van der Waals surface area contributed by atoms with Crippen LogP contribution >= 0.6 is 11.8 Å². The van der Waals surface area contributed by atoms with Gasteiger partial charge in [-0.1, -0.05) is 25.1 Å². The van der Waals surface area contributed by atoms with Crippen molar-refractivity contribution in [1.29, 1.82) is 0 Å². The number of carbonyl (C=O) groups excluding carboxylic acids is 3. The number of imide groups is 1. The molecular formula is C24H29N3O3S. The number of hydrogen-bond donors (Lipinski definition) is 0. The van der Waals surface area contributed by atoms with Crippen LogP contribution in [0, 0.1) is 0 Å². The van der Waals surface area contributed by atoms with Gasteiger partial charge in [-0.05, 0) is 62.9 Å². The Balaban J connectivity index is 1.73. The topological polar surface area (TPSA) is 62.6 Å². The van der Waals surface area contributed by atoms with E-state index in [1.165, 1.54) is 16.9 Å². The van der Waals surface area contributed by atoms with Crippen molar-refractivity contribution in [2.24, 2.45) is 0 Å². The van der Waals surface area contributed by atoms with E-state index in [4.69, 9.17) is 0 Å². The number of likely N-dealkylation sites (tertiary alicyclic amines) is 1. The van der Waals surface area contributed by atoms with E-state index >= 15 is 0 Å². The molecular weight excluding hydrogens is 410 g/mol. The van der Waals surface area contributed by atoms with Crippen molar-refractivity contribution >= 4 is 45.8 Å². The lowest BCUT2D eigenvalue weighted by Gasteiger charge is -2.33. The molecule has 0 radical (unpaired) electrons. The van der Waals surface area contributed by atoms with Crippen LogP contribution < -0.4 is 0 Å². The molecule has 0 aliphatic carbocycles. The first-order valence-corrected chi connectivity index (χ1v) is 11.9. The Morgan fingerprint density at radius 2 is 2.03 bits per heavy atom. The van der Waals surface area contributed by atoms with Crippen LogP contribution in [0.3, 0.4) is 0 Å². The number of rotatable bonds is 5. The number of nitrogens with zero attached hydrogens (tertiary/aromatic N) is 3. The molecule has 0 saturated carbocycles. The second-order valence-electron chi connectivity index (χ2n) is 8.24. The summed E-state index contributed by atoms with van der Waals surface area (Å²) in [6, 6.07) is 6.39. The zero-order valence-electron chi connectivity index (χ0n) is 18.4. The number of piperidine rings is 1. The minimum atomic E-state index is -0.247. The first kappa shape index (κ1) is 21.7. The maximum atomic E-state index is 13.1. The number of para-hydroxylation sites is 1. The first-order chi connectivity index (χ1) is 14.9. The van der Waals surface area contributed by atoms with Gasteiger partial charge in [-0.3, -0.25) is 19.3 Å². The van der Waals surface area contributed by atoms with Gasteiger partial charge in [0.05, 0.1) is 10.4 Å². The van der Waals surface area contributed by atoms with Gasteiger partial charge in [0.25, 0.3) is 11.1 Å². The first-order valence-electron chi connectivity index (χ1n) is 11.1. The second-order valence-corrected chi connectivity index (χ2v) is 9.23. The Kier molecular flexibility index (Phi) is 6.23. The Bertz CT molecular complexity index is 1070. The minimum Gasteiger partial charge on any atom is -0.338 e. The molecule has 1 aromatic heterocycles. The number of aryl methyl sites for hydroxylation is 1. The summed E-state index contributed by atoms with van der Waals surface area (Å²) in [6.45, 7) is 7.49. The van der Waals surface area contributed by atoms with E-state index in [1.54, 1.807) is 13.0 Å². The molecule has 0 unspecified atom stereocenters. The minimum absolute atomic E-state index is 0.132. The van der Waals surface area contributed by atoms with Crippen LogP contribution in [0.2, 0.25) is 0 Å². The summed E-state index contributed by atoms with van der Waals surface area (Å²) < 4.78 is 2.02. The number of thioether (sulfide) groups is 1. The lowest BCUT2D eigenvalue weighted by molar-refractivity contribution is -0.135. The Morgan fingerprint density at radius 1 is 1.23 bits per heavy atom. The fourth-order valence-corrected chi connectivity index (χ4v) is 5.50. The summed E-state index contributed by atoms with van der Waals surface area (Å²) >= 11 is 0.980. The summed E-state index contributed by atoms with van der Waals surface area (Å²) in [5, 5.41) is 0.771. The van der Waals surface area contributed by atoms with Crippen LogP contribution in [-0.4, -0.2) is 50.6 Å². The van der Waals surface area contributed by atoms with Gasteiger partial charge in [0.2, 0.25) is 5.91 Å². The summed E-state index contributed by atoms with van der Waals surface area (Å²) in [6.07, 6.45) is 7.89. The number of likely N-dealkylation sites (N-methyl/N-ethyl adjacent to an activating group) is 1. The summed E-state index contributed by atoms with van der Waals surface area (Å²) in [4.78, 5) is 41.5. The monoisotopic (exact) mass is 439 g/mol. The standard InChI is InChI=1S/C24H29N3O3S/c1-4-17-10-8-11-19-18(13-20-23(29)26(5-2)24(30)31-20)14-25(22(17)19)15-21(28)27-12-7-6-9-16(27)3/h8,10-11,13-14,16H,4-7,9,12,15H2,1-3H3/b20-13-/t16-/m0/s1.